The minimum absolute atomic E-state index is 0.322. The van der Waals surface area contributed by atoms with Gasteiger partial charge >= 0.3 is 6.18 Å². The first kappa shape index (κ1) is 15.6. The van der Waals surface area contributed by atoms with Crippen LogP contribution in [-0.4, -0.2) is 10.9 Å². The molecular formula is C16H11F3N2O. The van der Waals surface area contributed by atoms with E-state index in [0.29, 0.717) is 17.3 Å². The standard InChI is InChI=1S/C16H11F3N2O/c1-3-11-8-13(5-4-10(11)2)21-15(22)14-9-12(6-7-20-14)16(17,18)19/h1,4-9H,2H3,(H,21,22). The molecule has 1 aromatic carbocycles. The van der Waals surface area contributed by atoms with Gasteiger partial charge in [-0.1, -0.05) is 12.0 Å². The highest BCUT2D eigenvalue weighted by Gasteiger charge is 2.31. The number of carbonyl (C=O) groups excluding carboxylic acids is 1. The molecule has 2 rings (SSSR count). The number of halogens is 3. The quantitative estimate of drug-likeness (QED) is 0.861. The number of carbonyl (C=O) groups is 1. The van der Waals surface area contributed by atoms with Crippen molar-refractivity contribution in [1.82, 2.24) is 4.98 Å². The molecule has 1 N–H and O–H groups in total. The molecule has 112 valence electrons. The Balaban J connectivity index is 2.25. The van der Waals surface area contributed by atoms with Gasteiger partial charge in [0, 0.05) is 17.4 Å². The van der Waals surface area contributed by atoms with E-state index in [1.54, 1.807) is 18.2 Å². The third-order valence-corrected chi connectivity index (χ3v) is 2.97. The predicted molar refractivity (Wildman–Crippen MR) is 76.3 cm³/mol. The Hall–Kier alpha value is -2.81. The molecule has 22 heavy (non-hydrogen) atoms. The first-order chi connectivity index (χ1) is 10.3. The number of nitrogens with one attached hydrogen (secondary N) is 1. The van der Waals surface area contributed by atoms with E-state index in [-0.39, 0.29) is 5.69 Å². The number of pyridine rings is 1. The molecule has 0 aliphatic rings. The Morgan fingerprint density at radius 2 is 2.00 bits per heavy atom. The van der Waals surface area contributed by atoms with Gasteiger partial charge in [-0.3, -0.25) is 9.78 Å². The maximum Gasteiger partial charge on any atom is 0.416 e. The summed E-state index contributed by atoms with van der Waals surface area (Å²) in [7, 11) is 0. The minimum Gasteiger partial charge on any atom is -0.321 e. The Morgan fingerprint density at radius 1 is 1.27 bits per heavy atom. The lowest BCUT2D eigenvalue weighted by molar-refractivity contribution is -0.137. The second kappa shape index (κ2) is 5.90. The molecule has 1 heterocycles. The molecule has 0 unspecified atom stereocenters. The summed E-state index contributed by atoms with van der Waals surface area (Å²) < 4.78 is 37.9. The van der Waals surface area contributed by atoms with Crippen molar-refractivity contribution in [3.05, 3.63) is 58.9 Å². The van der Waals surface area contributed by atoms with Crippen molar-refractivity contribution in [2.75, 3.05) is 5.32 Å². The van der Waals surface area contributed by atoms with Crippen molar-refractivity contribution < 1.29 is 18.0 Å². The summed E-state index contributed by atoms with van der Waals surface area (Å²) in [5.41, 5.74) is 0.591. The third kappa shape index (κ3) is 3.44. The van der Waals surface area contributed by atoms with Gasteiger partial charge in [-0.2, -0.15) is 13.2 Å². The predicted octanol–water partition coefficient (Wildman–Crippen LogP) is 3.64. The molecule has 1 amide bonds. The third-order valence-electron chi connectivity index (χ3n) is 2.97. The van der Waals surface area contributed by atoms with Crippen LogP contribution in [0.4, 0.5) is 18.9 Å². The lowest BCUT2D eigenvalue weighted by Gasteiger charge is -2.09. The Labute approximate surface area is 125 Å². The topological polar surface area (TPSA) is 42.0 Å². The van der Waals surface area contributed by atoms with E-state index in [1.165, 1.54) is 0 Å². The minimum atomic E-state index is -4.53. The summed E-state index contributed by atoms with van der Waals surface area (Å²) in [6.07, 6.45) is 1.74. The number of hydrogen-bond donors (Lipinski definition) is 1. The summed E-state index contributed by atoms with van der Waals surface area (Å²) in [4.78, 5) is 15.6. The van der Waals surface area contributed by atoms with Gasteiger partial charge in [0.15, 0.2) is 0 Å². The Kier molecular flexibility index (Phi) is 4.18. The number of benzene rings is 1. The lowest BCUT2D eigenvalue weighted by atomic mass is 10.1. The smallest absolute Gasteiger partial charge is 0.321 e. The molecular weight excluding hydrogens is 293 g/mol. The SMILES string of the molecule is C#Cc1cc(NC(=O)c2cc(C(F)(F)F)ccn2)ccc1C. The fraction of sp³-hybridized carbons (Fsp3) is 0.125. The van der Waals surface area contributed by atoms with Gasteiger partial charge in [-0.05, 0) is 36.8 Å². The van der Waals surface area contributed by atoms with Crippen molar-refractivity contribution >= 4 is 11.6 Å². The van der Waals surface area contributed by atoms with Crippen molar-refractivity contribution in [2.24, 2.45) is 0 Å². The van der Waals surface area contributed by atoms with E-state index in [9.17, 15) is 18.0 Å². The number of amides is 1. The lowest BCUT2D eigenvalue weighted by Crippen LogP contribution is -2.15. The molecule has 2 aromatic rings. The largest absolute Gasteiger partial charge is 0.416 e. The molecule has 0 radical (unpaired) electrons. The van der Waals surface area contributed by atoms with E-state index in [2.05, 4.69) is 16.2 Å². The van der Waals surface area contributed by atoms with Crippen LogP contribution in [-0.2, 0) is 6.18 Å². The molecule has 0 fully saturated rings. The summed E-state index contributed by atoms with van der Waals surface area (Å²) in [5, 5.41) is 2.47. The fourth-order valence-electron chi connectivity index (χ4n) is 1.78. The normalized spacial score (nSPS) is 10.9. The molecule has 3 nitrogen and oxygen atoms in total. The van der Waals surface area contributed by atoms with Crippen LogP contribution in [0.1, 0.15) is 27.2 Å². The van der Waals surface area contributed by atoms with Crippen LogP contribution in [0.5, 0.6) is 0 Å². The highest BCUT2D eigenvalue weighted by atomic mass is 19.4. The van der Waals surface area contributed by atoms with E-state index >= 15 is 0 Å². The summed E-state index contributed by atoms with van der Waals surface area (Å²) >= 11 is 0. The maximum atomic E-state index is 12.6. The van der Waals surface area contributed by atoms with Gasteiger partial charge in [-0.25, -0.2) is 0 Å². The number of aromatic nitrogens is 1. The average molecular weight is 304 g/mol. The van der Waals surface area contributed by atoms with E-state index in [1.807, 2.05) is 6.92 Å². The first-order valence-electron chi connectivity index (χ1n) is 6.23. The zero-order chi connectivity index (χ0) is 16.3. The maximum absolute atomic E-state index is 12.6. The molecule has 0 atom stereocenters. The molecule has 0 aliphatic heterocycles. The zero-order valence-electron chi connectivity index (χ0n) is 11.5. The van der Waals surface area contributed by atoms with Crippen molar-refractivity contribution in [3.63, 3.8) is 0 Å². The van der Waals surface area contributed by atoms with Crippen molar-refractivity contribution in [3.8, 4) is 12.3 Å². The summed E-state index contributed by atoms with van der Waals surface area (Å²) in [6.45, 7) is 1.81. The van der Waals surface area contributed by atoms with Crippen LogP contribution in [0.15, 0.2) is 36.5 Å². The van der Waals surface area contributed by atoms with Gasteiger partial charge in [0.2, 0.25) is 0 Å². The summed E-state index contributed by atoms with van der Waals surface area (Å²) in [6, 6.07) is 6.40. The molecule has 0 saturated carbocycles. The van der Waals surface area contributed by atoms with Crippen LogP contribution >= 0.6 is 0 Å². The summed E-state index contributed by atoms with van der Waals surface area (Å²) in [5.74, 6) is 1.72. The number of hydrogen-bond acceptors (Lipinski definition) is 2. The van der Waals surface area contributed by atoms with Crippen molar-refractivity contribution in [2.45, 2.75) is 13.1 Å². The number of anilines is 1. The monoisotopic (exact) mass is 304 g/mol. The molecule has 0 saturated heterocycles. The van der Waals surface area contributed by atoms with Crippen LogP contribution in [0.25, 0.3) is 0 Å². The van der Waals surface area contributed by atoms with Gasteiger partial charge in [-0.15, -0.1) is 6.42 Å². The van der Waals surface area contributed by atoms with Crippen LogP contribution in [0, 0.1) is 19.3 Å². The Bertz CT molecular complexity index is 761. The number of terminal acetylenes is 1. The number of nitrogens with zero attached hydrogens (tertiary/aromatic N) is 1. The van der Waals surface area contributed by atoms with Crippen molar-refractivity contribution in [1.29, 1.82) is 0 Å². The van der Waals surface area contributed by atoms with E-state index in [4.69, 9.17) is 6.42 Å². The van der Waals surface area contributed by atoms with Gasteiger partial charge in [0.05, 0.1) is 5.56 Å². The van der Waals surface area contributed by atoms with Crippen LogP contribution < -0.4 is 5.32 Å². The highest BCUT2D eigenvalue weighted by molar-refractivity contribution is 6.03. The van der Waals surface area contributed by atoms with Crippen LogP contribution in [0.3, 0.4) is 0 Å². The van der Waals surface area contributed by atoms with E-state index < -0.39 is 17.6 Å². The molecule has 0 spiro atoms. The van der Waals surface area contributed by atoms with Gasteiger partial charge in [0.1, 0.15) is 5.69 Å². The second-order valence-electron chi connectivity index (χ2n) is 4.56. The first-order valence-corrected chi connectivity index (χ1v) is 6.23. The molecule has 0 bridgehead atoms. The van der Waals surface area contributed by atoms with Gasteiger partial charge in [0.25, 0.3) is 5.91 Å². The van der Waals surface area contributed by atoms with Crippen LogP contribution in [0.2, 0.25) is 0 Å². The molecule has 0 aliphatic carbocycles. The molecule has 6 heteroatoms. The van der Waals surface area contributed by atoms with Gasteiger partial charge < -0.3 is 5.32 Å². The zero-order valence-corrected chi connectivity index (χ0v) is 11.5. The number of aryl methyl sites for hydroxylation is 1. The Morgan fingerprint density at radius 3 is 2.64 bits per heavy atom. The fourth-order valence-corrected chi connectivity index (χ4v) is 1.78. The molecule has 1 aromatic heterocycles. The second-order valence-corrected chi connectivity index (χ2v) is 4.56. The van der Waals surface area contributed by atoms with E-state index in [0.717, 1.165) is 17.8 Å². The number of alkyl halides is 3. The average Bonchev–Trinajstić information content (AvgIpc) is 2.48. The highest BCUT2D eigenvalue weighted by Crippen LogP contribution is 2.29. The number of rotatable bonds is 2.